The SMILES string of the molecule is CCCOc1cc(C(=O)NCCCn2cc(CCCCOc3cc(C(=O)O)cc(OCCCCc4cn(CCCNC(=O)c5cc(OCCC)c(OCCC)c(OCCC)c5)nn4)c3OCCNC(=O)OC(C)(C)C)nn2)cc(OCCC)c1OCCC.O=S(=O)=O.O=S(=O)=O.O=S(=O)=O.O=S(=O)=O.O=S(=O)=O.O=S(=O)=O. The van der Waals surface area contributed by atoms with Crippen LogP contribution < -0.4 is 58.6 Å². The van der Waals surface area contributed by atoms with Crippen LogP contribution in [-0.2, 0) is 94.3 Å². The topological polar surface area (TPSA) is 586 Å². The first-order valence-corrected chi connectivity index (χ1v) is 40.3. The molecule has 3 amide bonds. The molecule has 0 aliphatic carbocycles. The molecule has 0 fully saturated rings. The molecule has 0 atom stereocenters. The lowest BCUT2D eigenvalue weighted by molar-refractivity contribution is 0.0518. The quantitative estimate of drug-likeness (QED) is 0.0386. The minimum absolute atomic E-state index is 0.00362. The van der Waals surface area contributed by atoms with E-state index in [1.807, 2.05) is 53.9 Å². The molecule has 112 heavy (non-hydrogen) atoms. The molecule has 42 nitrogen and oxygen atoms in total. The second-order valence-corrected chi connectivity index (χ2v) is 25.5. The van der Waals surface area contributed by atoms with Crippen molar-refractivity contribution < 1.29 is 147 Å². The van der Waals surface area contributed by atoms with Crippen LogP contribution in [0.4, 0.5) is 4.79 Å². The molecule has 0 spiro atoms. The largest absolute Gasteiger partial charge is 0.490 e. The van der Waals surface area contributed by atoms with Gasteiger partial charge in [0.2, 0.25) is 17.2 Å². The third-order valence-electron chi connectivity index (χ3n) is 12.6. The number of unbranched alkanes of at least 4 members (excludes halogenated alkanes) is 2. The van der Waals surface area contributed by atoms with Crippen molar-refractivity contribution in [3.8, 4) is 51.7 Å². The molecule has 5 rings (SSSR count). The van der Waals surface area contributed by atoms with E-state index in [9.17, 15) is 24.3 Å². The molecule has 0 unspecified atom stereocenters. The number of ether oxygens (including phenoxy) is 10. The number of hydrogen-bond acceptors (Lipinski definition) is 36. The second kappa shape index (κ2) is 62.2. The van der Waals surface area contributed by atoms with Crippen molar-refractivity contribution in [3.05, 3.63) is 76.9 Å². The molecular weight excluding hydrogens is 1620 g/mol. The van der Waals surface area contributed by atoms with Crippen LogP contribution >= 0.6 is 0 Å². The highest BCUT2D eigenvalue weighted by Gasteiger charge is 2.23. The number of carboxylic acids is 1. The van der Waals surface area contributed by atoms with Gasteiger partial charge in [-0.2, -0.15) is 0 Å². The van der Waals surface area contributed by atoms with Crippen molar-refractivity contribution >= 4 is 87.5 Å². The van der Waals surface area contributed by atoms with Gasteiger partial charge in [0.1, 0.15) is 12.2 Å². The van der Waals surface area contributed by atoms with Gasteiger partial charge in [0.25, 0.3) is 11.8 Å². The van der Waals surface area contributed by atoms with Crippen LogP contribution in [-0.4, -0.2) is 219 Å². The lowest BCUT2D eigenvalue weighted by Crippen LogP contribution is -2.34. The number of carbonyl (C=O) groups is 4. The number of nitrogens with zero attached hydrogens (tertiary/aromatic N) is 6. The number of alkyl carbamates (subject to hydrolysis) is 1. The number of aromatic nitrogens is 6. The molecule has 0 saturated heterocycles. The minimum atomic E-state index is -3.11. The second-order valence-electron chi connectivity index (χ2n) is 23.1. The average molecular weight is 1710 g/mol. The van der Waals surface area contributed by atoms with Gasteiger partial charge in [0, 0.05) is 49.7 Å². The highest BCUT2D eigenvalue weighted by Crippen LogP contribution is 2.42. The van der Waals surface area contributed by atoms with E-state index in [4.69, 9.17) is 123 Å². The van der Waals surface area contributed by atoms with E-state index in [0.717, 1.165) is 49.9 Å². The van der Waals surface area contributed by atoms with Crippen molar-refractivity contribution in [3.63, 3.8) is 0 Å². The Morgan fingerprint density at radius 3 is 0.911 bits per heavy atom. The van der Waals surface area contributed by atoms with Crippen molar-refractivity contribution in [1.82, 2.24) is 45.9 Å². The van der Waals surface area contributed by atoms with Crippen LogP contribution in [0.2, 0.25) is 0 Å². The summed E-state index contributed by atoms with van der Waals surface area (Å²) in [6.45, 7) is 22.7. The Kier molecular flexibility index (Phi) is 57.5. The summed E-state index contributed by atoms with van der Waals surface area (Å²) < 4.78 is 215. The summed E-state index contributed by atoms with van der Waals surface area (Å²) in [7, 11) is -18.7. The van der Waals surface area contributed by atoms with Crippen LogP contribution in [0, 0.1) is 0 Å². The van der Waals surface area contributed by atoms with Crippen LogP contribution in [0.15, 0.2) is 48.8 Å². The number of benzene rings is 3. The molecule has 2 heterocycles. The molecule has 0 saturated carbocycles. The predicted molar refractivity (Wildman–Crippen MR) is 390 cm³/mol. The van der Waals surface area contributed by atoms with E-state index in [-0.39, 0.29) is 61.0 Å². The maximum Gasteiger partial charge on any atom is 0.425 e. The Hall–Kier alpha value is -10.5. The Morgan fingerprint density at radius 2 is 0.634 bits per heavy atom. The number of hydrogen-bond donors (Lipinski definition) is 4. The maximum absolute atomic E-state index is 13.3. The number of carboxylic acid groups (broad SMARTS) is 1. The molecule has 0 bridgehead atoms. The fraction of sp³-hybridized carbons (Fsp3) is 0.594. The van der Waals surface area contributed by atoms with Gasteiger partial charge in [0.05, 0.1) is 76.4 Å². The molecule has 3 aromatic carbocycles. The molecule has 4 N–H and O–H groups in total. The van der Waals surface area contributed by atoms with Gasteiger partial charge in [-0.05, 0) is 147 Å². The lowest BCUT2D eigenvalue weighted by Gasteiger charge is -2.20. The van der Waals surface area contributed by atoms with E-state index >= 15 is 0 Å². The number of rotatable bonds is 45. The molecule has 0 radical (unpaired) electrons. The molecule has 0 aliphatic rings. The highest BCUT2D eigenvalue weighted by molar-refractivity contribution is 7.59. The Bertz CT molecular complexity index is 3910. The molecule has 5 aromatic rings. The van der Waals surface area contributed by atoms with Crippen molar-refractivity contribution in [2.75, 3.05) is 79.1 Å². The van der Waals surface area contributed by atoms with E-state index in [1.54, 1.807) is 54.4 Å². The molecule has 2 aromatic heterocycles. The summed E-state index contributed by atoms with van der Waals surface area (Å²) in [6, 6.07) is 9.61. The summed E-state index contributed by atoms with van der Waals surface area (Å²) in [4.78, 5) is 51.5. The van der Waals surface area contributed by atoms with Gasteiger partial charge in [-0.3, -0.25) is 19.0 Å². The predicted octanol–water partition coefficient (Wildman–Crippen LogP) is 4.62. The minimum Gasteiger partial charge on any atom is -0.490 e. The van der Waals surface area contributed by atoms with Gasteiger partial charge in [0.15, 0.2) is 34.5 Å². The zero-order chi connectivity index (χ0) is 85.0. The summed E-state index contributed by atoms with van der Waals surface area (Å²) in [6.07, 6.45) is 13.0. The number of nitrogens with one attached hydrogen (secondary N) is 3. The molecule has 630 valence electrons. The molecular formula is C64H95N9O33S6. The van der Waals surface area contributed by atoms with E-state index < -0.39 is 81.3 Å². The summed E-state index contributed by atoms with van der Waals surface area (Å²) in [5.41, 5.74) is 1.67. The van der Waals surface area contributed by atoms with Crippen molar-refractivity contribution in [2.24, 2.45) is 0 Å². The van der Waals surface area contributed by atoms with Crippen LogP contribution in [0.1, 0.15) is 182 Å². The number of aryl methyl sites for hydroxylation is 4. The fourth-order valence-corrected chi connectivity index (χ4v) is 8.46. The van der Waals surface area contributed by atoms with Gasteiger partial charge < -0.3 is 68.4 Å². The normalized spacial score (nSPS) is 10.0. The molecule has 48 heteroatoms. The van der Waals surface area contributed by atoms with Crippen molar-refractivity contribution in [1.29, 1.82) is 0 Å². The third kappa shape index (κ3) is 54.2. The Balaban J connectivity index is 0. The highest BCUT2D eigenvalue weighted by atomic mass is 32.2. The standard InChI is InChI=1S/C64H95N9O15.6O3S/c1-10-29-79-51-38-46(39-52(80-30-11-2)57(51)85-33-14-5)60(74)65-24-20-27-72-44-49(68-70-72)22-16-18-35-83-55-42-48(62(76)77)43-56(59(55)87-37-26-67-63(78)88-64(7,8)9)84-36-19-17-23-50-45-73(71-69-50)28-21-25-66-61(75)47-40-53(81-31-12-3)58(86-34-15-6)54(41-47)82-32-13-4;6*1-4(2)3/h38-45H,10-37H2,1-9H3,(H,65,74)(H,66,75)(H,67,78)(H,76,77);;;;;;. The summed E-state index contributed by atoms with van der Waals surface area (Å²) >= 11 is 0. The van der Waals surface area contributed by atoms with Gasteiger partial charge in [-0.25, -0.2) is 9.59 Å². The van der Waals surface area contributed by atoms with E-state index in [2.05, 4.69) is 36.6 Å². The van der Waals surface area contributed by atoms with Gasteiger partial charge in [-0.1, -0.05) is 52.0 Å². The first-order valence-electron chi connectivity index (χ1n) is 34.3. The lowest BCUT2D eigenvalue weighted by atomic mass is 10.1. The number of aromatic carboxylic acids is 1. The maximum atomic E-state index is 13.3. The van der Waals surface area contributed by atoms with E-state index in [0.29, 0.717) is 163 Å². The summed E-state index contributed by atoms with van der Waals surface area (Å²) in [5.74, 6) is 1.82. The van der Waals surface area contributed by atoms with Crippen molar-refractivity contribution in [2.45, 2.75) is 171 Å². The smallest absolute Gasteiger partial charge is 0.425 e. The van der Waals surface area contributed by atoms with Gasteiger partial charge in [-0.15, -0.1) is 86.0 Å². The van der Waals surface area contributed by atoms with Crippen LogP contribution in [0.25, 0.3) is 0 Å². The van der Waals surface area contributed by atoms with Crippen LogP contribution in [0.5, 0.6) is 51.7 Å². The average Bonchev–Trinajstić information content (AvgIpc) is 1.05. The monoisotopic (exact) mass is 1710 g/mol. The zero-order valence-electron chi connectivity index (χ0n) is 63.1. The third-order valence-corrected chi connectivity index (χ3v) is 12.6. The van der Waals surface area contributed by atoms with Gasteiger partial charge >= 0.3 is 75.7 Å². The van der Waals surface area contributed by atoms with Crippen LogP contribution in [0.3, 0.4) is 0 Å². The Labute approximate surface area is 655 Å². The first kappa shape index (κ1) is 104. The fourth-order valence-electron chi connectivity index (χ4n) is 8.46. The molecule has 0 aliphatic heterocycles. The van der Waals surface area contributed by atoms with E-state index in [1.165, 1.54) is 12.1 Å². The zero-order valence-corrected chi connectivity index (χ0v) is 68.0. The summed E-state index contributed by atoms with van der Waals surface area (Å²) in [5, 5.41) is 36.1. The number of carbonyl (C=O) groups excluding carboxylic acids is 3. The Morgan fingerprint density at radius 1 is 0.366 bits per heavy atom. The first-order chi connectivity index (χ1) is 53.0. The number of amides is 3.